The van der Waals surface area contributed by atoms with Gasteiger partial charge < -0.3 is 14.7 Å². The highest BCUT2D eigenvalue weighted by Gasteiger charge is 2.34. The van der Waals surface area contributed by atoms with Crippen molar-refractivity contribution in [3.05, 3.63) is 24.0 Å². The molecule has 4 heteroatoms. The molecule has 0 aromatic carbocycles. The van der Waals surface area contributed by atoms with Gasteiger partial charge in [0, 0.05) is 24.8 Å². The van der Waals surface area contributed by atoms with Gasteiger partial charge in [-0.1, -0.05) is 0 Å². The second-order valence-electron chi connectivity index (χ2n) is 4.52. The third-order valence-electron chi connectivity index (χ3n) is 3.44. The number of morpholine rings is 1. The van der Waals surface area contributed by atoms with Crippen LogP contribution in [-0.4, -0.2) is 35.4 Å². The normalized spacial score (nSPS) is 28.4. The summed E-state index contributed by atoms with van der Waals surface area (Å²) in [4.78, 5) is 6.44. The number of hydrogen-bond acceptors (Lipinski definition) is 4. The fourth-order valence-electron chi connectivity index (χ4n) is 2.64. The highest BCUT2D eigenvalue weighted by molar-refractivity contribution is 5.52. The molecule has 2 aliphatic heterocycles. The minimum Gasteiger partial charge on any atom is -0.392 e. The van der Waals surface area contributed by atoms with Crippen LogP contribution in [-0.2, 0) is 11.3 Å². The lowest BCUT2D eigenvalue weighted by Gasteiger charge is -2.34. The average molecular weight is 220 g/mol. The van der Waals surface area contributed by atoms with Crippen LogP contribution >= 0.6 is 0 Å². The molecule has 1 N–H and O–H groups in total. The Kier molecular flexibility index (Phi) is 2.53. The Morgan fingerprint density at radius 3 is 2.81 bits per heavy atom. The van der Waals surface area contributed by atoms with E-state index in [-0.39, 0.29) is 6.61 Å². The molecule has 2 bridgehead atoms. The van der Waals surface area contributed by atoms with Crippen LogP contribution in [0.15, 0.2) is 18.5 Å². The van der Waals surface area contributed by atoms with Crippen molar-refractivity contribution in [2.75, 3.05) is 18.0 Å². The Labute approximate surface area is 94.9 Å². The van der Waals surface area contributed by atoms with E-state index in [4.69, 9.17) is 4.74 Å². The lowest BCUT2D eigenvalue weighted by atomic mass is 10.2. The summed E-state index contributed by atoms with van der Waals surface area (Å²) < 4.78 is 5.80. The molecule has 2 aliphatic rings. The molecule has 86 valence electrons. The van der Waals surface area contributed by atoms with Gasteiger partial charge in [-0.05, 0) is 18.9 Å². The van der Waals surface area contributed by atoms with Crippen molar-refractivity contribution in [2.24, 2.45) is 0 Å². The summed E-state index contributed by atoms with van der Waals surface area (Å²) in [6, 6.07) is 1.88. The number of hydrogen-bond donors (Lipinski definition) is 1. The summed E-state index contributed by atoms with van der Waals surface area (Å²) in [7, 11) is 0. The Bertz CT molecular complexity index is 371. The summed E-state index contributed by atoms with van der Waals surface area (Å²) >= 11 is 0. The maximum atomic E-state index is 9.31. The van der Waals surface area contributed by atoms with Crippen molar-refractivity contribution in [3.63, 3.8) is 0 Å². The molecule has 0 saturated carbocycles. The number of nitrogens with zero attached hydrogens (tertiary/aromatic N) is 2. The number of anilines is 1. The van der Waals surface area contributed by atoms with Crippen LogP contribution in [0.5, 0.6) is 0 Å². The molecule has 3 rings (SSSR count). The van der Waals surface area contributed by atoms with Gasteiger partial charge in [0.1, 0.15) is 0 Å². The van der Waals surface area contributed by atoms with Gasteiger partial charge in [0.2, 0.25) is 0 Å². The van der Waals surface area contributed by atoms with Gasteiger partial charge in [-0.25, -0.2) is 0 Å². The average Bonchev–Trinajstić information content (AvgIpc) is 2.68. The molecule has 1 aromatic heterocycles. The van der Waals surface area contributed by atoms with Gasteiger partial charge in [-0.3, -0.25) is 4.98 Å². The summed E-state index contributed by atoms with van der Waals surface area (Å²) in [5, 5.41) is 9.31. The summed E-state index contributed by atoms with van der Waals surface area (Å²) in [5.74, 6) is 0. The van der Waals surface area contributed by atoms with Crippen LogP contribution in [0.1, 0.15) is 18.4 Å². The monoisotopic (exact) mass is 220 g/mol. The van der Waals surface area contributed by atoms with E-state index in [0.29, 0.717) is 12.2 Å². The van der Waals surface area contributed by atoms with Crippen molar-refractivity contribution < 1.29 is 9.84 Å². The molecule has 2 unspecified atom stereocenters. The van der Waals surface area contributed by atoms with Gasteiger partial charge in [0.15, 0.2) is 0 Å². The minimum absolute atomic E-state index is 0.0740. The molecule has 0 radical (unpaired) electrons. The minimum atomic E-state index is 0.0740. The summed E-state index contributed by atoms with van der Waals surface area (Å²) in [6.07, 6.45) is 6.63. The van der Waals surface area contributed by atoms with E-state index in [1.807, 2.05) is 12.3 Å². The van der Waals surface area contributed by atoms with Crippen molar-refractivity contribution in [1.29, 1.82) is 0 Å². The second-order valence-corrected chi connectivity index (χ2v) is 4.52. The molecule has 2 fully saturated rings. The van der Waals surface area contributed by atoms with E-state index in [9.17, 15) is 5.11 Å². The van der Waals surface area contributed by atoms with Crippen LogP contribution in [0.4, 0.5) is 5.69 Å². The Morgan fingerprint density at radius 1 is 1.38 bits per heavy atom. The predicted molar refractivity (Wildman–Crippen MR) is 60.3 cm³/mol. The lowest BCUT2D eigenvalue weighted by Crippen LogP contribution is -2.43. The third-order valence-corrected chi connectivity index (χ3v) is 3.44. The van der Waals surface area contributed by atoms with Crippen molar-refractivity contribution >= 4 is 5.69 Å². The zero-order valence-corrected chi connectivity index (χ0v) is 9.17. The molecule has 4 nitrogen and oxygen atoms in total. The van der Waals surface area contributed by atoms with Crippen LogP contribution in [0, 0.1) is 0 Å². The standard InChI is InChI=1S/C12H16N2O2/c15-8-9-3-4-13-5-12(9)14-6-10-1-2-11(7-14)16-10/h3-5,10-11,15H,1-2,6-8H2. The highest BCUT2D eigenvalue weighted by Crippen LogP contribution is 2.30. The van der Waals surface area contributed by atoms with E-state index < -0.39 is 0 Å². The maximum Gasteiger partial charge on any atom is 0.0755 e. The first-order chi connectivity index (χ1) is 7.86. The number of aliphatic hydroxyl groups is 1. The fourth-order valence-corrected chi connectivity index (χ4v) is 2.64. The first-order valence-corrected chi connectivity index (χ1v) is 5.81. The maximum absolute atomic E-state index is 9.31. The topological polar surface area (TPSA) is 45.6 Å². The van der Waals surface area contributed by atoms with Crippen LogP contribution in [0.2, 0.25) is 0 Å². The number of rotatable bonds is 2. The smallest absolute Gasteiger partial charge is 0.0755 e. The summed E-state index contributed by atoms with van der Waals surface area (Å²) in [5.41, 5.74) is 2.02. The van der Waals surface area contributed by atoms with Crippen LogP contribution in [0.3, 0.4) is 0 Å². The largest absolute Gasteiger partial charge is 0.392 e. The van der Waals surface area contributed by atoms with Gasteiger partial charge in [0.25, 0.3) is 0 Å². The first kappa shape index (κ1) is 10.1. The number of pyridine rings is 1. The van der Waals surface area contributed by atoms with Crippen molar-refractivity contribution in [2.45, 2.75) is 31.7 Å². The van der Waals surface area contributed by atoms with Gasteiger partial charge in [-0.15, -0.1) is 0 Å². The second kappa shape index (κ2) is 4.03. The van der Waals surface area contributed by atoms with E-state index in [1.54, 1.807) is 6.20 Å². The first-order valence-electron chi connectivity index (χ1n) is 5.81. The van der Waals surface area contributed by atoms with Crippen molar-refractivity contribution in [1.82, 2.24) is 4.98 Å². The quantitative estimate of drug-likeness (QED) is 0.805. The third kappa shape index (κ3) is 1.68. The number of fused-ring (bicyclic) bond motifs is 2. The van der Waals surface area contributed by atoms with E-state index >= 15 is 0 Å². The zero-order valence-electron chi connectivity index (χ0n) is 9.17. The molecule has 0 spiro atoms. The Morgan fingerprint density at radius 2 is 2.12 bits per heavy atom. The van der Waals surface area contributed by atoms with Crippen LogP contribution in [0.25, 0.3) is 0 Å². The van der Waals surface area contributed by atoms with E-state index in [1.165, 1.54) is 0 Å². The molecule has 2 saturated heterocycles. The molecule has 16 heavy (non-hydrogen) atoms. The van der Waals surface area contributed by atoms with Gasteiger partial charge in [0.05, 0.1) is 30.7 Å². The SMILES string of the molecule is OCc1ccncc1N1CC2CCC(C1)O2. The molecule has 2 atom stereocenters. The van der Waals surface area contributed by atoms with Crippen LogP contribution < -0.4 is 4.90 Å². The Balaban J connectivity index is 1.86. The van der Waals surface area contributed by atoms with Gasteiger partial charge >= 0.3 is 0 Å². The number of aromatic nitrogens is 1. The van der Waals surface area contributed by atoms with E-state index in [2.05, 4.69) is 9.88 Å². The highest BCUT2D eigenvalue weighted by atomic mass is 16.5. The van der Waals surface area contributed by atoms with Gasteiger partial charge in [-0.2, -0.15) is 0 Å². The van der Waals surface area contributed by atoms with E-state index in [0.717, 1.165) is 37.2 Å². The predicted octanol–water partition coefficient (Wildman–Crippen LogP) is 0.942. The fraction of sp³-hybridized carbons (Fsp3) is 0.583. The molecule has 1 aromatic rings. The zero-order chi connectivity index (χ0) is 11.0. The molecular formula is C12H16N2O2. The molecule has 0 aliphatic carbocycles. The molecule has 3 heterocycles. The number of aliphatic hydroxyl groups excluding tert-OH is 1. The summed E-state index contributed by atoms with van der Waals surface area (Å²) in [6.45, 7) is 1.93. The molecule has 0 amide bonds. The molecular weight excluding hydrogens is 204 g/mol. The Hall–Kier alpha value is -1.13. The number of ether oxygens (including phenoxy) is 1. The lowest BCUT2D eigenvalue weighted by molar-refractivity contribution is 0.0303. The van der Waals surface area contributed by atoms with Crippen molar-refractivity contribution in [3.8, 4) is 0 Å².